The van der Waals surface area contributed by atoms with Crippen LogP contribution >= 0.6 is 0 Å². The summed E-state index contributed by atoms with van der Waals surface area (Å²) in [4.78, 5) is 37.9. The molecule has 3 aromatic rings. The molecule has 0 bridgehead atoms. The van der Waals surface area contributed by atoms with Gasteiger partial charge in [0, 0.05) is 35.2 Å². The number of nitrogens with one attached hydrogen (secondary N) is 1. The van der Waals surface area contributed by atoms with E-state index in [2.05, 4.69) is 11.1 Å². The molecule has 0 fully saturated rings. The van der Waals surface area contributed by atoms with Crippen LogP contribution in [0.15, 0.2) is 52.4 Å². The van der Waals surface area contributed by atoms with Crippen molar-refractivity contribution in [2.75, 3.05) is 7.11 Å². The zero-order valence-corrected chi connectivity index (χ0v) is 17.7. The maximum atomic E-state index is 12.3. The molecule has 0 amide bonds. The molecule has 2 atom stereocenters. The summed E-state index contributed by atoms with van der Waals surface area (Å²) in [5.41, 5.74) is 6.11. The monoisotopic (exact) mass is 413 g/mol. The Labute approximate surface area is 180 Å². The number of carbonyl (C=O) groups excluding carboxylic acids is 2. The van der Waals surface area contributed by atoms with Crippen LogP contribution in [0.3, 0.4) is 0 Å². The van der Waals surface area contributed by atoms with Gasteiger partial charge in [0.05, 0.1) is 30.2 Å². The third kappa shape index (κ3) is 3.19. The lowest BCUT2D eigenvalue weighted by atomic mass is 9.83. The summed E-state index contributed by atoms with van der Waals surface area (Å²) in [6, 6.07) is 13.4. The molecule has 6 heteroatoms. The third-order valence-electron chi connectivity index (χ3n) is 6.03. The summed E-state index contributed by atoms with van der Waals surface area (Å²) in [7, 11) is 1.63. The topological polar surface area (TPSA) is 83.9 Å². The number of methoxy groups -OCH3 is 1. The van der Waals surface area contributed by atoms with Gasteiger partial charge in [0.25, 0.3) is 0 Å². The first kappa shape index (κ1) is 19.4. The Kier molecular flexibility index (Phi) is 4.58. The van der Waals surface area contributed by atoms with Crippen LogP contribution in [0.1, 0.15) is 49.4 Å². The second-order valence-electron chi connectivity index (χ2n) is 8.27. The van der Waals surface area contributed by atoms with Crippen LogP contribution in [-0.2, 0) is 9.59 Å². The van der Waals surface area contributed by atoms with Crippen LogP contribution in [0.5, 0.6) is 5.75 Å². The van der Waals surface area contributed by atoms with Gasteiger partial charge >= 0.3 is 0 Å². The molecule has 5 rings (SSSR count). The molecule has 3 heterocycles. The summed E-state index contributed by atoms with van der Waals surface area (Å²) < 4.78 is 5.42. The highest BCUT2D eigenvalue weighted by molar-refractivity contribution is 6.57. The molecule has 1 N–H and O–H groups in total. The maximum Gasteiger partial charge on any atom is 0.131 e. The van der Waals surface area contributed by atoms with E-state index in [-0.39, 0.29) is 29.9 Å². The van der Waals surface area contributed by atoms with E-state index < -0.39 is 0 Å². The summed E-state index contributed by atoms with van der Waals surface area (Å²) in [6.45, 7) is 3.17. The van der Waals surface area contributed by atoms with Gasteiger partial charge in [-0.2, -0.15) is 0 Å². The van der Waals surface area contributed by atoms with Gasteiger partial charge in [0.15, 0.2) is 0 Å². The highest BCUT2D eigenvalue weighted by Crippen LogP contribution is 2.42. The van der Waals surface area contributed by atoms with E-state index in [0.717, 1.165) is 50.6 Å². The Hall–Kier alpha value is -3.54. The second kappa shape index (κ2) is 7.30. The number of fused-ring (bicyclic) bond motifs is 7. The average molecular weight is 413 g/mol. The van der Waals surface area contributed by atoms with Gasteiger partial charge in [-0.05, 0) is 43.7 Å². The first-order valence-electron chi connectivity index (χ1n) is 10.4. The summed E-state index contributed by atoms with van der Waals surface area (Å²) in [5.74, 6) is 0.643. The molecule has 2 aliphatic rings. The number of nitrogens with zero attached hydrogens (tertiary/aromatic N) is 2. The van der Waals surface area contributed by atoms with Crippen LogP contribution < -0.4 is 4.74 Å². The van der Waals surface area contributed by atoms with Gasteiger partial charge in [-0.1, -0.05) is 18.2 Å². The van der Waals surface area contributed by atoms with Crippen molar-refractivity contribution in [2.24, 2.45) is 9.98 Å². The lowest BCUT2D eigenvalue weighted by Crippen LogP contribution is -2.22. The van der Waals surface area contributed by atoms with E-state index in [1.165, 1.54) is 0 Å². The van der Waals surface area contributed by atoms with Crippen molar-refractivity contribution in [1.82, 2.24) is 4.98 Å². The van der Waals surface area contributed by atoms with Crippen LogP contribution in [0, 0.1) is 0 Å². The van der Waals surface area contributed by atoms with E-state index in [1.54, 1.807) is 21.0 Å². The minimum absolute atomic E-state index is 0.0496. The number of ether oxygens (including phenoxy) is 1. The van der Waals surface area contributed by atoms with Gasteiger partial charge in [-0.25, -0.2) is 4.99 Å². The van der Waals surface area contributed by atoms with Crippen LogP contribution in [0.2, 0.25) is 0 Å². The Morgan fingerprint density at radius 2 is 1.81 bits per heavy atom. The number of aromatic amines is 1. The highest BCUT2D eigenvalue weighted by Gasteiger charge is 2.38. The number of ketones is 2. The van der Waals surface area contributed by atoms with E-state index in [4.69, 9.17) is 14.7 Å². The van der Waals surface area contributed by atoms with E-state index in [0.29, 0.717) is 6.42 Å². The Morgan fingerprint density at radius 1 is 1.03 bits per heavy atom. The average Bonchev–Trinajstić information content (AvgIpc) is 3.26. The largest absolute Gasteiger partial charge is 0.497 e. The Balaban J connectivity index is 1.81. The van der Waals surface area contributed by atoms with E-state index in [9.17, 15) is 9.59 Å². The second-order valence-corrected chi connectivity index (χ2v) is 8.27. The number of hydrogen-bond donors (Lipinski definition) is 1. The number of aliphatic imine (C=N–C) groups is 2. The lowest BCUT2D eigenvalue weighted by molar-refractivity contribution is -0.119. The predicted molar refractivity (Wildman–Crippen MR) is 121 cm³/mol. The van der Waals surface area contributed by atoms with Crippen molar-refractivity contribution in [3.05, 3.63) is 59.3 Å². The molecule has 6 nitrogen and oxygen atoms in total. The number of carbonyl (C=O) groups is 2. The number of para-hydroxylation sites is 1. The molecular formula is C25H23N3O3. The molecule has 0 radical (unpaired) electrons. The third-order valence-corrected chi connectivity index (χ3v) is 6.03. The Bertz CT molecular complexity index is 1300. The molecule has 0 spiro atoms. The van der Waals surface area contributed by atoms with Gasteiger partial charge in [0.2, 0.25) is 0 Å². The van der Waals surface area contributed by atoms with Crippen molar-refractivity contribution in [1.29, 1.82) is 0 Å². The first-order valence-corrected chi connectivity index (χ1v) is 10.4. The SMILES string of the molecule is COc1ccc2c(c1)C1=N[C@H](CC(C)=O)[C@@H](CC(C)=O)c3c([nH]c4ccccc34)C1=N2. The molecule has 2 aromatic carbocycles. The lowest BCUT2D eigenvalue weighted by Gasteiger charge is -2.22. The zero-order valence-electron chi connectivity index (χ0n) is 17.7. The van der Waals surface area contributed by atoms with Crippen LogP contribution in [-0.4, -0.2) is 41.1 Å². The van der Waals surface area contributed by atoms with Crippen LogP contribution in [0.25, 0.3) is 10.9 Å². The molecule has 0 unspecified atom stereocenters. The molecule has 0 aliphatic carbocycles. The first-order chi connectivity index (χ1) is 15.0. The van der Waals surface area contributed by atoms with Gasteiger partial charge < -0.3 is 14.5 Å². The molecular weight excluding hydrogens is 390 g/mol. The van der Waals surface area contributed by atoms with Gasteiger partial charge in [-0.3, -0.25) is 9.79 Å². The quantitative estimate of drug-likeness (QED) is 0.667. The van der Waals surface area contributed by atoms with Crippen molar-refractivity contribution in [3.63, 3.8) is 0 Å². The van der Waals surface area contributed by atoms with Gasteiger partial charge in [-0.15, -0.1) is 0 Å². The van der Waals surface area contributed by atoms with Crippen molar-refractivity contribution in [3.8, 4) is 5.75 Å². The minimum Gasteiger partial charge on any atom is -0.497 e. The normalized spacial score (nSPS) is 19.1. The standard InChI is InChI=1S/C25H23N3O3/c1-13(29)10-17-21(11-14(2)30)28-23-18-12-15(31-3)8-9-20(18)27-25(23)24-22(17)16-6-4-5-7-19(16)26-24/h4-9,12,17,21,26H,10-11H2,1-3H3/t17-,21-/m1/s1. The number of benzene rings is 2. The maximum absolute atomic E-state index is 12.3. The molecule has 156 valence electrons. The molecule has 1 aromatic heterocycles. The van der Waals surface area contributed by atoms with Crippen molar-refractivity contribution in [2.45, 2.75) is 38.6 Å². The number of Topliss-reactive ketones (excluding diaryl/α,β-unsaturated/α-hetero) is 2. The van der Waals surface area contributed by atoms with Crippen molar-refractivity contribution < 1.29 is 14.3 Å². The molecule has 31 heavy (non-hydrogen) atoms. The molecule has 2 aliphatic heterocycles. The Morgan fingerprint density at radius 3 is 2.55 bits per heavy atom. The number of H-pyrrole nitrogens is 1. The number of aromatic nitrogens is 1. The van der Waals surface area contributed by atoms with Crippen LogP contribution in [0.4, 0.5) is 5.69 Å². The van der Waals surface area contributed by atoms with E-state index >= 15 is 0 Å². The van der Waals surface area contributed by atoms with E-state index in [1.807, 2.05) is 36.4 Å². The summed E-state index contributed by atoms with van der Waals surface area (Å²) >= 11 is 0. The smallest absolute Gasteiger partial charge is 0.131 e. The summed E-state index contributed by atoms with van der Waals surface area (Å²) in [5, 5.41) is 1.05. The predicted octanol–water partition coefficient (Wildman–Crippen LogP) is 4.52. The number of rotatable bonds is 5. The molecule has 0 saturated carbocycles. The molecule has 0 saturated heterocycles. The highest BCUT2D eigenvalue weighted by atomic mass is 16.5. The van der Waals surface area contributed by atoms with Crippen molar-refractivity contribution >= 4 is 39.6 Å². The number of hydrogen-bond acceptors (Lipinski definition) is 5. The fourth-order valence-electron chi connectivity index (χ4n) is 4.75. The zero-order chi connectivity index (χ0) is 21.7. The minimum atomic E-state index is -0.348. The summed E-state index contributed by atoms with van der Waals surface area (Å²) in [6.07, 6.45) is 0.592. The fourth-order valence-corrected chi connectivity index (χ4v) is 4.75. The fraction of sp³-hybridized carbons (Fsp3) is 0.280. The van der Waals surface area contributed by atoms with Gasteiger partial charge in [0.1, 0.15) is 23.0 Å².